The van der Waals surface area contributed by atoms with Crippen molar-refractivity contribution in [2.45, 2.75) is 51.8 Å². The molecule has 1 aromatic rings. The van der Waals surface area contributed by atoms with Crippen molar-refractivity contribution in [2.75, 3.05) is 20.2 Å². The Bertz CT molecular complexity index is 421. The van der Waals surface area contributed by atoms with Gasteiger partial charge in [-0.25, -0.2) is 0 Å². The number of rotatable bonds is 7. The van der Waals surface area contributed by atoms with Crippen molar-refractivity contribution in [3.8, 4) is 0 Å². The van der Waals surface area contributed by atoms with Crippen LogP contribution in [0.15, 0.2) is 24.3 Å². The van der Waals surface area contributed by atoms with Crippen molar-refractivity contribution in [3.05, 3.63) is 35.4 Å². The standard InChI is InChI=1S/C18H30N2O/c1-3-20(18-11-7-6-8-15(18)12-19)13-16-9-4-5-10-17(16)14-21-2/h4-5,9-10,15,18H,3,6-8,11-14,19H2,1-2H3. The summed E-state index contributed by atoms with van der Waals surface area (Å²) in [5.41, 5.74) is 8.71. The Morgan fingerprint density at radius 2 is 1.90 bits per heavy atom. The van der Waals surface area contributed by atoms with Crippen LogP contribution in [-0.2, 0) is 17.9 Å². The smallest absolute Gasteiger partial charge is 0.0716 e. The zero-order valence-corrected chi connectivity index (χ0v) is 13.6. The largest absolute Gasteiger partial charge is 0.380 e. The van der Waals surface area contributed by atoms with Gasteiger partial charge >= 0.3 is 0 Å². The lowest BCUT2D eigenvalue weighted by atomic mass is 9.83. The molecule has 3 heteroatoms. The minimum absolute atomic E-state index is 0.643. The van der Waals surface area contributed by atoms with Gasteiger partial charge in [-0.1, -0.05) is 44.0 Å². The molecule has 0 radical (unpaired) electrons. The monoisotopic (exact) mass is 290 g/mol. The molecule has 118 valence electrons. The molecule has 1 saturated carbocycles. The van der Waals surface area contributed by atoms with Crippen molar-refractivity contribution in [1.29, 1.82) is 0 Å². The molecule has 3 nitrogen and oxygen atoms in total. The highest BCUT2D eigenvalue weighted by Gasteiger charge is 2.28. The second-order valence-electron chi connectivity index (χ2n) is 6.11. The fourth-order valence-corrected chi connectivity index (χ4v) is 3.63. The van der Waals surface area contributed by atoms with Crippen LogP contribution in [0.3, 0.4) is 0 Å². The van der Waals surface area contributed by atoms with Crippen molar-refractivity contribution in [1.82, 2.24) is 4.90 Å². The van der Waals surface area contributed by atoms with Gasteiger partial charge in [0.2, 0.25) is 0 Å². The summed E-state index contributed by atoms with van der Waals surface area (Å²) in [6.45, 7) is 5.88. The van der Waals surface area contributed by atoms with Crippen LogP contribution in [0.2, 0.25) is 0 Å². The van der Waals surface area contributed by atoms with Gasteiger partial charge in [0, 0.05) is 19.7 Å². The summed E-state index contributed by atoms with van der Waals surface area (Å²) >= 11 is 0. The molecule has 0 saturated heterocycles. The van der Waals surface area contributed by atoms with Gasteiger partial charge in [-0.3, -0.25) is 4.90 Å². The van der Waals surface area contributed by atoms with E-state index in [9.17, 15) is 0 Å². The van der Waals surface area contributed by atoms with E-state index < -0.39 is 0 Å². The third kappa shape index (κ3) is 4.29. The number of nitrogens with two attached hydrogens (primary N) is 1. The lowest BCUT2D eigenvalue weighted by molar-refractivity contribution is 0.104. The Labute approximate surface area is 129 Å². The molecule has 0 heterocycles. The molecule has 21 heavy (non-hydrogen) atoms. The molecule has 0 aromatic heterocycles. The minimum atomic E-state index is 0.643. The predicted octanol–water partition coefficient (Wildman–Crippen LogP) is 3.17. The molecule has 1 aliphatic carbocycles. The summed E-state index contributed by atoms with van der Waals surface area (Å²) in [5, 5.41) is 0. The van der Waals surface area contributed by atoms with E-state index in [2.05, 4.69) is 36.1 Å². The SMILES string of the molecule is CCN(Cc1ccccc1COC)C1CCCCC1CN. The lowest BCUT2D eigenvalue weighted by Gasteiger charge is -2.39. The molecule has 2 atom stereocenters. The van der Waals surface area contributed by atoms with E-state index in [1.807, 2.05) is 0 Å². The number of benzene rings is 1. The van der Waals surface area contributed by atoms with Gasteiger partial charge in [-0.2, -0.15) is 0 Å². The summed E-state index contributed by atoms with van der Waals surface area (Å²) in [7, 11) is 1.76. The quantitative estimate of drug-likeness (QED) is 0.838. The Morgan fingerprint density at radius 3 is 2.57 bits per heavy atom. The molecule has 2 rings (SSSR count). The van der Waals surface area contributed by atoms with E-state index in [0.717, 1.165) is 19.6 Å². The fourth-order valence-electron chi connectivity index (χ4n) is 3.63. The van der Waals surface area contributed by atoms with Crippen molar-refractivity contribution >= 4 is 0 Å². The molecule has 2 unspecified atom stereocenters. The Morgan fingerprint density at radius 1 is 1.19 bits per heavy atom. The van der Waals surface area contributed by atoms with Gasteiger partial charge in [0.25, 0.3) is 0 Å². The normalized spacial score (nSPS) is 22.7. The van der Waals surface area contributed by atoms with Crippen LogP contribution in [0.25, 0.3) is 0 Å². The molecular weight excluding hydrogens is 260 g/mol. The maximum atomic E-state index is 6.01. The highest BCUT2D eigenvalue weighted by Crippen LogP contribution is 2.29. The first-order chi connectivity index (χ1) is 10.3. The number of methoxy groups -OCH3 is 1. The van der Waals surface area contributed by atoms with E-state index in [-0.39, 0.29) is 0 Å². The van der Waals surface area contributed by atoms with Crippen molar-refractivity contribution in [3.63, 3.8) is 0 Å². The molecule has 0 spiro atoms. The summed E-state index contributed by atoms with van der Waals surface area (Å²) in [6, 6.07) is 9.27. The van der Waals surface area contributed by atoms with Gasteiger partial charge in [0.1, 0.15) is 0 Å². The topological polar surface area (TPSA) is 38.5 Å². The van der Waals surface area contributed by atoms with Gasteiger partial charge in [0.15, 0.2) is 0 Å². The van der Waals surface area contributed by atoms with Crippen LogP contribution in [0.4, 0.5) is 0 Å². The summed E-state index contributed by atoms with van der Waals surface area (Å²) in [6.07, 6.45) is 5.27. The average molecular weight is 290 g/mol. The van der Waals surface area contributed by atoms with Crippen molar-refractivity contribution < 1.29 is 4.74 Å². The first-order valence-corrected chi connectivity index (χ1v) is 8.30. The fraction of sp³-hybridized carbons (Fsp3) is 0.667. The van der Waals surface area contributed by atoms with Crippen LogP contribution in [-0.4, -0.2) is 31.1 Å². The Hall–Kier alpha value is -0.900. The summed E-state index contributed by atoms with van der Waals surface area (Å²) in [4.78, 5) is 2.62. The maximum absolute atomic E-state index is 6.01. The van der Waals surface area contributed by atoms with E-state index in [0.29, 0.717) is 18.6 Å². The molecule has 0 aliphatic heterocycles. The zero-order valence-electron chi connectivity index (χ0n) is 13.6. The highest BCUT2D eigenvalue weighted by atomic mass is 16.5. The van der Waals surface area contributed by atoms with Gasteiger partial charge in [0.05, 0.1) is 6.61 Å². The predicted molar refractivity (Wildman–Crippen MR) is 88.0 cm³/mol. The van der Waals surface area contributed by atoms with Gasteiger partial charge in [-0.15, -0.1) is 0 Å². The van der Waals surface area contributed by atoms with E-state index >= 15 is 0 Å². The molecule has 0 bridgehead atoms. The molecular formula is C18H30N2O. The number of hydrogen-bond acceptors (Lipinski definition) is 3. The summed E-state index contributed by atoms with van der Waals surface area (Å²) in [5.74, 6) is 0.660. The summed E-state index contributed by atoms with van der Waals surface area (Å²) < 4.78 is 5.33. The second-order valence-corrected chi connectivity index (χ2v) is 6.11. The van der Waals surface area contributed by atoms with Crippen LogP contribution in [0.1, 0.15) is 43.7 Å². The zero-order chi connectivity index (χ0) is 15.1. The van der Waals surface area contributed by atoms with E-state index in [1.54, 1.807) is 7.11 Å². The molecule has 2 N–H and O–H groups in total. The van der Waals surface area contributed by atoms with E-state index in [1.165, 1.54) is 36.8 Å². The number of hydrogen-bond donors (Lipinski definition) is 1. The van der Waals surface area contributed by atoms with E-state index in [4.69, 9.17) is 10.5 Å². The van der Waals surface area contributed by atoms with Gasteiger partial charge in [-0.05, 0) is 43.0 Å². The Balaban J connectivity index is 2.11. The first kappa shape index (κ1) is 16.5. The molecule has 1 aliphatic rings. The average Bonchev–Trinajstić information content (AvgIpc) is 2.54. The maximum Gasteiger partial charge on any atom is 0.0716 e. The molecule has 1 aromatic carbocycles. The third-order valence-corrected chi connectivity index (χ3v) is 4.84. The highest BCUT2D eigenvalue weighted by molar-refractivity contribution is 5.26. The number of nitrogens with zero attached hydrogens (tertiary/aromatic N) is 1. The lowest BCUT2D eigenvalue weighted by Crippen LogP contribution is -2.44. The Kier molecular flexibility index (Phi) is 6.68. The van der Waals surface area contributed by atoms with Crippen LogP contribution < -0.4 is 5.73 Å². The van der Waals surface area contributed by atoms with Crippen molar-refractivity contribution in [2.24, 2.45) is 11.7 Å². The van der Waals surface area contributed by atoms with Crippen LogP contribution in [0, 0.1) is 5.92 Å². The third-order valence-electron chi connectivity index (χ3n) is 4.84. The minimum Gasteiger partial charge on any atom is -0.380 e. The van der Waals surface area contributed by atoms with Gasteiger partial charge < -0.3 is 10.5 Å². The number of ether oxygens (including phenoxy) is 1. The van der Waals surface area contributed by atoms with Crippen LogP contribution >= 0.6 is 0 Å². The molecule has 0 amide bonds. The first-order valence-electron chi connectivity index (χ1n) is 8.30. The second kappa shape index (κ2) is 8.52. The molecule has 1 fully saturated rings. The van der Waals surface area contributed by atoms with Crippen LogP contribution in [0.5, 0.6) is 0 Å².